The average Bonchev–Trinajstić information content (AvgIpc) is 2.62. The zero-order chi connectivity index (χ0) is 15.4. The van der Waals surface area contributed by atoms with Gasteiger partial charge in [-0.1, -0.05) is 38.3 Å². The molecule has 1 aromatic rings. The molecule has 3 rings (SSSR count). The summed E-state index contributed by atoms with van der Waals surface area (Å²) < 4.78 is 0. The quantitative estimate of drug-likeness (QED) is 0.666. The van der Waals surface area contributed by atoms with Crippen LogP contribution in [0.15, 0.2) is 24.3 Å². The fraction of sp³-hybridized carbons (Fsp3) is 0.667. The normalized spacial score (nSPS) is 32.4. The lowest BCUT2D eigenvalue weighted by Crippen LogP contribution is -2.25. The Hall–Kier alpha value is -1.29. The highest BCUT2D eigenvalue weighted by atomic mass is 14.4. The first kappa shape index (κ1) is 15.6. The topological polar surface area (TPSA) is 23.8 Å². The summed E-state index contributed by atoms with van der Waals surface area (Å²) in [7, 11) is 0. The monoisotopic (exact) mass is 295 g/mol. The van der Waals surface area contributed by atoms with Gasteiger partial charge in [-0.15, -0.1) is 0 Å². The van der Waals surface area contributed by atoms with E-state index in [4.69, 9.17) is 5.26 Å². The fourth-order valence-electron chi connectivity index (χ4n) is 4.82. The number of benzene rings is 1. The van der Waals surface area contributed by atoms with Crippen molar-refractivity contribution >= 4 is 0 Å². The van der Waals surface area contributed by atoms with Crippen LogP contribution in [0.4, 0.5) is 0 Å². The second-order valence-electron chi connectivity index (χ2n) is 7.53. The molecule has 1 heteroatoms. The van der Waals surface area contributed by atoms with Crippen molar-refractivity contribution in [1.29, 1.82) is 5.26 Å². The Labute approximate surface area is 135 Å². The van der Waals surface area contributed by atoms with Crippen LogP contribution in [-0.4, -0.2) is 0 Å². The first-order chi connectivity index (χ1) is 10.8. The van der Waals surface area contributed by atoms with Crippen molar-refractivity contribution in [3.8, 4) is 6.07 Å². The molecule has 0 saturated heterocycles. The molecule has 2 fully saturated rings. The molecule has 1 aromatic carbocycles. The summed E-state index contributed by atoms with van der Waals surface area (Å²) in [5, 5.41) is 8.90. The maximum Gasteiger partial charge on any atom is 0.0991 e. The van der Waals surface area contributed by atoms with Crippen molar-refractivity contribution in [1.82, 2.24) is 0 Å². The van der Waals surface area contributed by atoms with Crippen LogP contribution in [0.5, 0.6) is 0 Å². The van der Waals surface area contributed by atoms with Crippen molar-refractivity contribution in [2.45, 2.75) is 70.6 Å². The van der Waals surface area contributed by atoms with Gasteiger partial charge in [0.05, 0.1) is 11.6 Å². The molecule has 0 N–H and O–H groups in total. The Balaban J connectivity index is 1.51. The van der Waals surface area contributed by atoms with Crippen LogP contribution in [0.2, 0.25) is 0 Å². The zero-order valence-corrected chi connectivity index (χ0v) is 13.9. The molecular weight excluding hydrogens is 266 g/mol. The second kappa shape index (κ2) is 7.32. The first-order valence-corrected chi connectivity index (χ1v) is 9.30. The molecule has 2 saturated carbocycles. The Morgan fingerprint density at radius 2 is 1.41 bits per heavy atom. The van der Waals surface area contributed by atoms with Crippen LogP contribution in [0, 0.1) is 29.1 Å². The summed E-state index contributed by atoms with van der Waals surface area (Å²) in [4.78, 5) is 0. The summed E-state index contributed by atoms with van der Waals surface area (Å²) in [6, 6.07) is 10.5. The Morgan fingerprint density at radius 1 is 0.864 bits per heavy atom. The van der Waals surface area contributed by atoms with Crippen LogP contribution in [0.25, 0.3) is 0 Å². The third-order valence-electron chi connectivity index (χ3n) is 6.42. The van der Waals surface area contributed by atoms with Crippen LogP contribution < -0.4 is 0 Å². The van der Waals surface area contributed by atoms with Crippen LogP contribution in [0.3, 0.4) is 0 Å². The maximum atomic E-state index is 8.90. The molecule has 118 valence electrons. The van der Waals surface area contributed by atoms with E-state index in [1.54, 1.807) is 0 Å². The Bertz CT molecular complexity index is 494. The summed E-state index contributed by atoms with van der Waals surface area (Å²) >= 11 is 0. The molecule has 2 aliphatic carbocycles. The first-order valence-electron chi connectivity index (χ1n) is 9.30. The maximum absolute atomic E-state index is 8.90. The van der Waals surface area contributed by atoms with Gasteiger partial charge in [0, 0.05) is 0 Å². The largest absolute Gasteiger partial charge is 0.192 e. The molecular formula is C21H29N. The lowest BCUT2D eigenvalue weighted by Gasteiger charge is -2.38. The number of nitriles is 1. The third-order valence-corrected chi connectivity index (χ3v) is 6.42. The smallest absolute Gasteiger partial charge is 0.0991 e. The van der Waals surface area contributed by atoms with Crippen LogP contribution in [0.1, 0.15) is 81.8 Å². The van der Waals surface area contributed by atoms with E-state index in [1.165, 1.54) is 63.4 Å². The zero-order valence-electron chi connectivity index (χ0n) is 13.9. The van der Waals surface area contributed by atoms with E-state index in [0.717, 1.165) is 29.2 Å². The highest BCUT2D eigenvalue weighted by Gasteiger charge is 2.30. The molecule has 2 aliphatic rings. The van der Waals surface area contributed by atoms with E-state index in [1.807, 2.05) is 12.1 Å². The summed E-state index contributed by atoms with van der Waals surface area (Å²) in [6.45, 7) is 2.35. The number of hydrogen-bond donors (Lipinski definition) is 0. The number of rotatable bonds is 3. The molecule has 22 heavy (non-hydrogen) atoms. The molecule has 0 amide bonds. The number of nitrogens with zero attached hydrogens (tertiary/aromatic N) is 1. The molecule has 0 radical (unpaired) electrons. The van der Waals surface area contributed by atoms with E-state index in [0.29, 0.717) is 0 Å². The average molecular weight is 295 g/mol. The van der Waals surface area contributed by atoms with Gasteiger partial charge in [-0.25, -0.2) is 0 Å². The van der Waals surface area contributed by atoms with Gasteiger partial charge in [0.15, 0.2) is 0 Å². The summed E-state index contributed by atoms with van der Waals surface area (Å²) in [5.74, 6) is 3.76. The summed E-state index contributed by atoms with van der Waals surface area (Å²) in [5.41, 5.74) is 2.23. The molecule has 1 nitrogen and oxygen atoms in total. The van der Waals surface area contributed by atoms with Crippen molar-refractivity contribution in [2.75, 3.05) is 0 Å². The van der Waals surface area contributed by atoms with E-state index in [9.17, 15) is 0 Å². The van der Waals surface area contributed by atoms with E-state index in [-0.39, 0.29) is 0 Å². The van der Waals surface area contributed by atoms with E-state index >= 15 is 0 Å². The van der Waals surface area contributed by atoms with Gasteiger partial charge in [0.2, 0.25) is 0 Å². The second-order valence-corrected chi connectivity index (χ2v) is 7.53. The van der Waals surface area contributed by atoms with Gasteiger partial charge >= 0.3 is 0 Å². The SMILES string of the molecule is CC[C@H]1CC[C@H](C2CCC(c3ccc(C#N)cc3)CC2)CC1. The van der Waals surface area contributed by atoms with Crippen molar-refractivity contribution in [2.24, 2.45) is 17.8 Å². The molecule has 0 bridgehead atoms. The molecule has 0 spiro atoms. The van der Waals surface area contributed by atoms with Gasteiger partial charge in [-0.3, -0.25) is 0 Å². The number of hydrogen-bond acceptors (Lipinski definition) is 1. The van der Waals surface area contributed by atoms with Gasteiger partial charge < -0.3 is 0 Å². The van der Waals surface area contributed by atoms with Gasteiger partial charge in [0.25, 0.3) is 0 Å². The summed E-state index contributed by atoms with van der Waals surface area (Å²) in [6.07, 6.45) is 12.9. The van der Waals surface area contributed by atoms with E-state index in [2.05, 4.69) is 25.1 Å². The van der Waals surface area contributed by atoms with Gasteiger partial charge in [0.1, 0.15) is 0 Å². The van der Waals surface area contributed by atoms with Gasteiger partial charge in [-0.2, -0.15) is 5.26 Å². The van der Waals surface area contributed by atoms with Gasteiger partial charge in [-0.05, 0) is 79.9 Å². The lowest BCUT2D eigenvalue weighted by molar-refractivity contribution is 0.158. The molecule has 0 heterocycles. The molecule has 0 unspecified atom stereocenters. The lowest BCUT2D eigenvalue weighted by atomic mass is 9.68. The standard InChI is InChI=1S/C21H29N/c1-2-16-3-7-18(8-4-16)20-11-13-21(14-12-20)19-9-5-17(15-22)6-10-19/h5-6,9-10,16,18,20-21H,2-4,7-8,11-14H2,1H3/t16-,18-,20?,21?. The van der Waals surface area contributed by atoms with Crippen molar-refractivity contribution in [3.05, 3.63) is 35.4 Å². The predicted octanol–water partition coefficient (Wildman–Crippen LogP) is 6.05. The molecule has 0 atom stereocenters. The van der Waals surface area contributed by atoms with E-state index < -0.39 is 0 Å². The minimum absolute atomic E-state index is 0.732. The van der Waals surface area contributed by atoms with Crippen molar-refractivity contribution in [3.63, 3.8) is 0 Å². The minimum Gasteiger partial charge on any atom is -0.192 e. The Kier molecular flexibility index (Phi) is 5.19. The highest BCUT2D eigenvalue weighted by Crippen LogP contribution is 2.44. The predicted molar refractivity (Wildman–Crippen MR) is 91.6 cm³/mol. The highest BCUT2D eigenvalue weighted by molar-refractivity contribution is 5.33. The minimum atomic E-state index is 0.732. The Morgan fingerprint density at radius 3 is 1.91 bits per heavy atom. The van der Waals surface area contributed by atoms with Crippen molar-refractivity contribution < 1.29 is 0 Å². The van der Waals surface area contributed by atoms with Crippen LogP contribution >= 0.6 is 0 Å². The fourth-order valence-corrected chi connectivity index (χ4v) is 4.82. The van der Waals surface area contributed by atoms with Crippen LogP contribution in [-0.2, 0) is 0 Å². The molecule has 0 aromatic heterocycles. The third kappa shape index (κ3) is 3.54. The molecule has 0 aliphatic heterocycles.